The maximum atomic E-state index is 11.2. The predicted molar refractivity (Wildman–Crippen MR) is 84.6 cm³/mol. The van der Waals surface area contributed by atoms with Gasteiger partial charge in [-0.3, -0.25) is 9.78 Å². The SMILES string of the molecule is Cn1c(Nc2c(Cl)cncc2Cl)nc2cc(C(N)=O)ncc21. The molecule has 0 aliphatic rings. The number of pyridine rings is 2. The molecular weight excluding hydrogens is 327 g/mol. The number of primary amides is 1. The number of hydrogen-bond donors (Lipinski definition) is 2. The van der Waals surface area contributed by atoms with Gasteiger partial charge in [0.15, 0.2) is 0 Å². The summed E-state index contributed by atoms with van der Waals surface area (Å²) in [6.07, 6.45) is 4.49. The standard InChI is InChI=1S/C13H10Cl2N6O/c1-21-10-5-18-9(12(16)22)2-8(10)19-13(21)20-11-6(14)3-17-4-7(11)15/h2-5H,1H3,(H2,16,22)(H,17,19,20). The molecule has 1 amide bonds. The molecule has 9 heteroatoms. The zero-order valence-electron chi connectivity index (χ0n) is 11.3. The Balaban J connectivity index is 2.08. The summed E-state index contributed by atoms with van der Waals surface area (Å²) in [6.45, 7) is 0. The van der Waals surface area contributed by atoms with Gasteiger partial charge in [-0.2, -0.15) is 0 Å². The molecule has 0 saturated carbocycles. The number of imidazole rings is 1. The number of nitrogens with one attached hydrogen (secondary N) is 1. The summed E-state index contributed by atoms with van der Waals surface area (Å²) < 4.78 is 1.76. The van der Waals surface area contributed by atoms with Gasteiger partial charge in [0, 0.05) is 19.4 Å². The third-order valence-corrected chi connectivity index (χ3v) is 3.68. The van der Waals surface area contributed by atoms with Crippen LogP contribution in [0.4, 0.5) is 11.6 Å². The van der Waals surface area contributed by atoms with Crippen molar-refractivity contribution in [3.05, 3.63) is 40.4 Å². The lowest BCUT2D eigenvalue weighted by molar-refractivity contribution is 0.0996. The summed E-state index contributed by atoms with van der Waals surface area (Å²) in [5.74, 6) is -0.115. The molecule has 3 aromatic heterocycles. The Kier molecular flexibility index (Phi) is 3.59. The minimum atomic E-state index is -0.609. The van der Waals surface area contributed by atoms with Crippen molar-refractivity contribution in [1.29, 1.82) is 0 Å². The highest BCUT2D eigenvalue weighted by Gasteiger charge is 2.14. The molecule has 0 radical (unpaired) electrons. The number of rotatable bonds is 3. The van der Waals surface area contributed by atoms with E-state index in [1.807, 2.05) is 0 Å². The number of aryl methyl sites for hydroxylation is 1. The summed E-state index contributed by atoms with van der Waals surface area (Å²) in [5.41, 5.74) is 7.18. The summed E-state index contributed by atoms with van der Waals surface area (Å²) in [5, 5.41) is 3.79. The minimum absolute atomic E-state index is 0.150. The molecule has 112 valence electrons. The third kappa shape index (κ3) is 2.44. The topological polar surface area (TPSA) is 98.7 Å². The average molecular weight is 337 g/mol. The van der Waals surface area contributed by atoms with Crippen molar-refractivity contribution in [3.63, 3.8) is 0 Å². The maximum Gasteiger partial charge on any atom is 0.267 e. The van der Waals surface area contributed by atoms with E-state index >= 15 is 0 Å². The number of amides is 1. The molecular formula is C13H10Cl2N6O. The van der Waals surface area contributed by atoms with Gasteiger partial charge in [-0.25, -0.2) is 9.97 Å². The molecule has 7 nitrogen and oxygen atoms in total. The second kappa shape index (κ2) is 5.43. The molecule has 3 heterocycles. The van der Waals surface area contributed by atoms with Gasteiger partial charge in [0.25, 0.3) is 5.91 Å². The van der Waals surface area contributed by atoms with Crippen LogP contribution >= 0.6 is 23.2 Å². The Bertz CT molecular complexity index is 871. The van der Waals surface area contributed by atoms with Gasteiger partial charge in [-0.15, -0.1) is 0 Å². The average Bonchev–Trinajstić information content (AvgIpc) is 2.79. The number of aromatic nitrogens is 4. The zero-order chi connectivity index (χ0) is 15.9. The molecule has 3 N–H and O–H groups in total. The van der Waals surface area contributed by atoms with Crippen LogP contribution in [0.5, 0.6) is 0 Å². The zero-order valence-corrected chi connectivity index (χ0v) is 12.9. The van der Waals surface area contributed by atoms with E-state index in [4.69, 9.17) is 28.9 Å². The molecule has 0 aliphatic heterocycles. The highest BCUT2D eigenvalue weighted by molar-refractivity contribution is 6.39. The fourth-order valence-corrected chi connectivity index (χ4v) is 2.44. The van der Waals surface area contributed by atoms with E-state index in [0.717, 1.165) is 5.52 Å². The molecule has 22 heavy (non-hydrogen) atoms. The number of fused-ring (bicyclic) bond motifs is 1. The van der Waals surface area contributed by atoms with E-state index in [1.165, 1.54) is 24.7 Å². The Hall–Kier alpha value is -2.38. The van der Waals surface area contributed by atoms with Gasteiger partial charge >= 0.3 is 0 Å². The second-order valence-electron chi connectivity index (χ2n) is 4.52. The van der Waals surface area contributed by atoms with Crippen molar-refractivity contribution < 1.29 is 4.79 Å². The number of carbonyl (C=O) groups excluding carboxylic acids is 1. The highest BCUT2D eigenvalue weighted by atomic mass is 35.5. The number of nitrogens with zero attached hydrogens (tertiary/aromatic N) is 4. The monoisotopic (exact) mass is 336 g/mol. The highest BCUT2D eigenvalue weighted by Crippen LogP contribution is 2.32. The fraction of sp³-hybridized carbons (Fsp3) is 0.0769. The number of nitrogens with two attached hydrogens (primary N) is 1. The lowest BCUT2D eigenvalue weighted by atomic mass is 10.3. The maximum absolute atomic E-state index is 11.2. The molecule has 0 saturated heterocycles. The van der Waals surface area contributed by atoms with Gasteiger partial charge in [-0.05, 0) is 6.07 Å². The molecule has 0 spiro atoms. The lowest BCUT2D eigenvalue weighted by Gasteiger charge is -2.09. The predicted octanol–water partition coefficient (Wildman–Crippen LogP) is 2.51. The molecule has 0 fully saturated rings. The van der Waals surface area contributed by atoms with E-state index < -0.39 is 5.91 Å². The first kappa shape index (κ1) is 14.6. The Morgan fingerprint density at radius 3 is 2.59 bits per heavy atom. The van der Waals surface area contributed by atoms with Crippen molar-refractivity contribution in [2.24, 2.45) is 12.8 Å². The van der Waals surface area contributed by atoms with Crippen LogP contribution in [0.25, 0.3) is 11.0 Å². The van der Waals surface area contributed by atoms with Crippen molar-refractivity contribution in [2.45, 2.75) is 0 Å². The Morgan fingerprint density at radius 2 is 1.95 bits per heavy atom. The van der Waals surface area contributed by atoms with Crippen molar-refractivity contribution in [3.8, 4) is 0 Å². The molecule has 3 aromatic rings. The van der Waals surface area contributed by atoms with Crippen molar-refractivity contribution >= 4 is 51.8 Å². The van der Waals surface area contributed by atoms with E-state index in [9.17, 15) is 4.79 Å². The summed E-state index contributed by atoms with van der Waals surface area (Å²) >= 11 is 12.2. The van der Waals surface area contributed by atoms with E-state index in [2.05, 4.69) is 20.3 Å². The van der Waals surface area contributed by atoms with Crippen LogP contribution in [0.1, 0.15) is 10.5 Å². The van der Waals surface area contributed by atoms with E-state index in [-0.39, 0.29) is 5.69 Å². The minimum Gasteiger partial charge on any atom is -0.364 e. The lowest BCUT2D eigenvalue weighted by Crippen LogP contribution is -2.12. The Morgan fingerprint density at radius 1 is 1.27 bits per heavy atom. The summed E-state index contributed by atoms with van der Waals surface area (Å²) in [4.78, 5) is 23.5. The van der Waals surface area contributed by atoms with Crippen LogP contribution in [-0.4, -0.2) is 25.4 Å². The van der Waals surface area contributed by atoms with Crippen molar-refractivity contribution in [1.82, 2.24) is 19.5 Å². The molecule has 3 rings (SSSR count). The quantitative estimate of drug-likeness (QED) is 0.765. The van der Waals surface area contributed by atoms with Gasteiger partial charge in [-0.1, -0.05) is 23.2 Å². The van der Waals surface area contributed by atoms with Gasteiger partial charge in [0.1, 0.15) is 5.69 Å². The van der Waals surface area contributed by atoms with Crippen LogP contribution in [-0.2, 0) is 7.05 Å². The fourth-order valence-electron chi connectivity index (χ4n) is 1.98. The Labute approximate surface area is 135 Å². The summed E-state index contributed by atoms with van der Waals surface area (Å²) in [6, 6.07) is 1.53. The van der Waals surface area contributed by atoms with Gasteiger partial charge in [0.2, 0.25) is 5.95 Å². The second-order valence-corrected chi connectivity index (χ2v) is 5.33. The summed E-state index contributed by atoms with van der Waals surface area (Å²) in [7, 11) is 1.80. The number of hydrogen-bond acceptors (Lipinski definition) is 5. The third-order valence-electron chi connectivity index (χ3n) is 3.11. The number of halogens is 2. The molecule has 0 unspecified atom stereocenters. The first-order chi connectivity index (χ1) is 10.5. The molecule has 0 aliphatic carbocycles. The van der Waals surface area contributed by atoms with Crippen LogP contribution in [0.2, 0.25) is 10.0 Å². The molecule has 0 aromatic carbocycles. The van der Waals surface area contributed by atoms with Gasteiger partial charge < -0.3 is 15.6 Å². The normalized spacial score (nSPS) is 10.9. The largest absolute Gasteiger partial charge is 0.364 e. The van der Waals surface area contributed by atoms with Crippen LogP contribution < -0.4 is 11.1 Å². The first-order valence-corrected chi connectivity index (χ1v) is 6.91. The first-order valence-electron chi connectivity index (χ1n) is 6.15. The molecule has 0 bridgehead atoms. The van der Waals surface area contributed by atoms with Crippen LogP contribution in [0, 0.1) is 0 Å². The number of anilines is 2. The van der Waals surface area contributed by atoms with Gasteiger partial charge in [0.05, 0.1) is 33.0 Å². The van der Waals surface area contributed by atoms with Crippen molar-refractivity contribution in [2.75, 3.05) is 5.32 Å². The van der Waals surface area contributed by atoms with E-state index in [0.29, 0.717) is 27.2 Å². The smallest absolute Gasteiger partial charge is 0.267 e. The number of carbonyl (C=O) groups is 1. The molecule has 0 atom stereocenters. The van der Waals surface area contributed by atoms with Crippen LogP contribution in [0.3, 0.4) is 0 Å². The van der Waals surface area contributed by atoms with Crippen LogP contribution in [0.15, 0.2) is 24.7 Å². The van der Waals surface area contributed by atoms with E-state index in [1.54, 1.807) is 11.6 Å².